The van der Waals surface area contributed by atoms with E-state index in [0.717, 1.165) is 24.0 Å². The maximum absolute atomic E-state index is 10.1. The molecule has 0 radical (unpaired) electrons. The molecule has 0 fully saturated rings. The normalized spacial score (nSPS) is 26.3. The summed E-state index contributed by atoms with van der Waals surface area (Å²) in [6.45, 7) is 6.61. The third kappa shape index (κ3) is 2.97. The fourth-order valence-corrected chi connectivity index (χ4v) is 4.77. The number of nitrogens with zero attached hydrogens (tertiary/aromatic N) is 3. The third-order valence-corrected chi connectivity index (χ3v) is 6.58. The summed E-state index contributed by atoms with van der Waals surface area (Å²) in [5.74, 6) is -0.195. The average Bonchev–Trinajstić information content (AvgIpc) is 2.67. The van der Waals surface area contributed by atoms with Gasteiger partial charge >= 0.3 is 0 Å². The molecule has 0 aromatic heterocycles. The lowest BCUT2D eigenvalue weighted by molar-refractivity contribution is 0.170. The molecule has 2 aliphatic rings. The molecular weight excluding hydrogens is 368 g/mol. The Morgan fingerprint density at radius 2 is 1.71 bits per heavy atom. The first kappa shape index (κ1) is 20.0. The summed E-state index contributed by atoms with van der Waals surface area (Å²) in [7, 11) is 0. The zero-order valence-electron chi connectivity index (χ0n) is 16.3. The Labute approximate surface area is 171 Å². The van der Waals surface area contributed by atoms with Crippen LogP contribution in [0.5, 0.6) is 0 Å². The predicted octanol–water partition coefficient (Wildman–Crippen LogP) is 5.21. The Hall–Kier alpha value is -2.74. The molecule has 0 amide bonds. The number of halogens is 1. The van der Waals surface area contributed by atoms with Gasteiger partial charge in [0.15, 0.2) is 5.41 Å². The van der Waals surface area contributed by atoms with E-state index in [9.17, 15) is 15.8 Å². The lowest BCUT2D eigenvalue weighted by Gasteiger charge is -2.47. The standard InChI is InChI=1S/C23H23ClN4/c1-22(2,3)15-6-9-17-18(10-15)20(14-4-7-16(24)8-5-14)23(12-26,13-27)21(28)19(17)11-25/h4-5,7-9,15,18,20H,6,10,28H2,1-3H3/t15-,18+,20+/m1/s1. The first-order chi connectivity index (χ1) is 13.2. The van der Waals surface area contributed by atoms with Crippen LogP contribution in [-0.2, 0) is 0 Å². The van der Waals surface area contributed by atoms with E-state index < -0.39 is 11.3 Å². The SMILES string of the molecule is CC(C)(C)[C@@H]1CC=C2C(C#N)=C(N)C(C#N)(C#N)[C@@H](c3ccc(Cl)cc3)[C@H]2C1. The van der Waals surface area contributed by atoms with Crippen molar-refractivity contribution in [1.82, 2.24) is 0 Å². The molecule has 0 aliphatic heterocycles. The van der Waals surface area contributed by atoms with Gasteiger partial charge in [0.2, 0.25) is 0 Å². The van der Waals surface area contributed by atoms with Crippen LogP contribution < -0.4 is 5.73 Å². The number of benzene rings is 1. The highest BCUT2D eigenvalue weighted by molar-refractivity contribution is 6.30. The Bertz CT molecular complexity index is 960. The molecule has 0 heterocycles. The lowest BCUT2D eigenvalue weighted by atomic mass is 9.54. The maximum atomic E-state index is 10.1. The van der Waals surface area contributed by atoms with Crippen LogP contribution in [-0.4, -0.2) is 0 Å². The van der Waals surface area contributed by atoms with Gasteiger partial charge in [-0.15, -0.1) is 0 Å². The molecule has 1 aromatic rings. The molecule has 3 atom stereocenters. The van der Waals surface area contributed by atoms with Crippen LogP contribution in [0, 0.1) is 56.7 Å². The van der Waals surface area contributed by atoms with Crippen LogP contribution in [0.15, 0.2) is 47.2 Å². The molecule has 5 heteroatoms. The Morgan fingerprint density at radius 1 is 1.11 bits per heavy atom. The van der Waals surface area contributed by atoms with Gasteiger partial charge in [-0.3, -0.25) is 0 Å². The van der Waals surface area contributed by atoms with Crippen molar-refractivity contribution in [3.8, 4) is 18.2 Å². The number of rotatable bonds is 1. The number of hydrogen-bond acceptors (Lipinski definition) is 4. The molecule has 2 N–H and O–H groups in total. The molecule has 2 aliphatic carbocycles. The van der Waals surface area contributed by atoms with Crippen molar-refractivity contribution in [3.05, 3.63) is 57.8 Å². The van der Waals surface area contributed by atoms with E-state index in [-0.39, 0.29) is 17.0 Å². The van der Waals surface area contributed by atoms with E-state index in [4.69, 9.17) is 17.3 Å². The smallest absolute Gasteiger partial charge is 0.191 e. The fraction of sp³-hybridized carbons (Fsp3) is 0.435. The van der Waals surface area contributed by atoms with E-state index in [2.05, 4.69) is 45.1 Å². The van der Waals surface area contributed by atoms with Gasteiger partial charge in [0, 0.05) is 10.9 Å². The van der Waals surface area contributed by atoms with Gasteiger partial charge in [-0.1, -0.05) is 50.6 Å². The molecule has 0 spiro atoms. The topological polar surface area (TPSA) is 97.4 Å². The lowest BCUT2D eigenvalue weighted by Crippen LogP contribution is -2.44. The minimum atomic E-state index is -1.58. The largest absolute Gasteiger partial charge is 0.399 e. The Balaban J connectivity index is 2.29. The summed E-state index contributed by atoms with van der Waals surface area (Å²) in [5, 5.41) is 30.5. The van der Waals surface area contributed by atoms with Crippen LogP contribution in [0.25, 0.3) is 0 Å². The second-order valence-corrected chi connectivity index (χ2v) is 9.20. The van der Waals surface area contributed by atoms with Gasteiger partial charge in [-0.2, -0.15) is 15.8 Å². The van der Waals surface area contributed by atoms with Crippen molar-refractivity contribution in [3.63, 3.8) is 0 Å². The molecule has 142 valence electrons. The van der Waals surface area contributed by atoms with E-state index in [0.29, 0.717) is 16.5 Å². The van der Waals surface area contributed by atoms with Crippen LogP contribution >= 0.6 is 11.6 Å². The number of hydrogen-bond donors (Lipinski definition) is 1. The number of nitriles is 3. The highest BCUT2D eigenvalue weighted by atomic mass is 35.5. The summed E-state index contributed by atoms with van der Waals surface area (Å²) in [5.41, 5.74) is 6.90. The van der Waals surface area contributed by atoms with Crippen molar-refractivity contribution < 1.29 is 0 Å². The molecular formula is C23H23ClN4. The Kier molecular flexibility index (Phi) is 5.01. The third-order valence-electron chi connectivity index (χ3n) is 6.33. The van der Waals surface area contributed by atoms with E-state index >= 15 is 0 Å². The molecule has 0 saturated heterocycles. The highest BCUT2D eigenvalue weighted by Crippen LogP contribution is 2.57. The van der Waals surface area contributed by atoms with Crippen molar-refractivity contribution in [1.29, 1.82) is 15.8 Å². The highest BCUT2D eigenvalue weighted by Gasteiger charge is 2.54. The molecule has 0 unspecified atom stereocenters. The van der Waals surface area contributed by atoms with Crippen molar-refractivity contribution in [2.75, 3.05) is 0 Å². The number of nitrogens with two attached hydrogens (primary N) is 1. The van der Waals surface area contributed by atoms with Gasteiger partial charge in [-0.25, -0.2) is 0 Å². The van der Waals surface area contributed by atoms with Crippen LogP contribution in [0.1, 0.15) is 45.1 Å². The van der Waals surface area contributed by atoms with Gasteiger partial charge in [-0.05, 0) is 53.4 Å². The number of fused-ring (bicyclic) bond motifs is 1. The van der Waals surface area contributed by atoms with E-state index in [1.165, 1.54) is 0 Å². The molecule has 3 rings (SSSR count). The van der Waals surface area contributed by atoms with E-state index in [1.54, 1.807) is 12.1 Å². The fourth-order valence-electron chi connectivity index (χ4n) is 4.64. The number of allylic oxidation sites excluding steroid dienone is 4. The van der Waals surface area contributed by atoms with Crippen LogP contribution in [0.3, 0.4) is 0 Å². The zero-order chi connectivity index (χ0) is 20.7. The quantitative estimate of drug-likeness (QED) is 0.711. The summed E-state index contributed by atoms with van der Waals surface area (Å²) < 4.78 is 0. The maximum Gasteiger partial charge on any atom is 0.191 e. The van der Waals surface area contributed by atoms with Crippen molar-refractivity contribution >= 4 is 11.6 Å². The zero-order valence-corrected chi connectivity index (χ0v) is 17.1. The summed E-state index contributed by atoms with van der Waals surface area (Å²) in [4.78, 5) is 0. The first-order valence-corrected chi connectivity index (χ1v) is 9.76. The predicted molar refractivity (Wildman–Crippen MR) is 108 cm³/mol. The van der Waals surface area contributed by atoms with Gasteiger partial charge in [0.05, 0.1) is 23.4 Å². The van der Waals surface area contributed by atoms with Crippen LogP contribution in [0.4, 0.5) is 0 Å². The molecule has 0 bridgehead atoms. The minimum absolute atomic E-state index is 0.0664. The summed E-state index contributed by atoms with van der Waals surface area (Å²) in [6, 6.07) is 13.8. The van der Waals surface area contributed by atoms with Crippen molar-refractivity contribution in [2.24, 2.45) is 28.4 Å². The van der Waals surface area contributed by atoms with Crippen molar-refractivity contribution in [2.45, 2.75) is 39.5 Å². The van der Waals surface area contributed by atoms with Crippen LogP contribution in [0.2, 0.25) is 5.02 Å². The Morgan fingerprint density at radius 3 is 2.21 bits per heavy atom. The van der Waals surface area contributed by atoms with Gasteiger partial charge in [0.25, 0.3) is 0 Å². The molecule has 1 aromatic carbocycles. The van der Waals surface area contributed by atoms with Gasteiger partial charge in [0.1, 0.15) is 6.07 Å². The molecule has 4 nitrogen and oxygen atoms in total. The first-order valence-electron chi connectivity index (χ1n) is 9.38. The summed E-state index contributed by atoms with van der Waals surface area (Å²) in [6.07, 6.45) is 3.75. The molecule has 28 heavy (non-hydrogen) atoms. The minimum Gasteiger partial charge on any atom is -0.399 e. The molecule has 0 saturated carbocycles. The second kappa shape index (κ2) is 7.01. The summed E-state index contributed by atoms with van der Waals surface area (Å²) >= 11 is 6.07. The van der Waals surface area contributed by atoms with E-state index in [1.807, 2.05) is 12.1 Å². The average molecular weight is 391 g/mol. The van der Waals surface area contributed by atoms with Gasteiger partial charge < -0.3 is 5.73 Å². The monoisotopic (exact) mass is 390 g/mol. The second-order valence-electron chi connectivity index (χ2n) is 8.76.